The maximum Gasteiger partial charge on any atom is 0.328 e. The van der Waals surface area contributed by atoms with E-state index in [1.807, 2.05) is 55.5 Å². The summed E-state index contributed by atoms with van der Waals surface area (Å²) in [5.41, 5.74) is 3.52. The maximum atomic E-state index is 12.1. The van der Waals surface area contributed by atoms with Crippen LogP contribution in [0, 0.1) is 0 Å². The Balaban J connectivity index is 1.66. The predicted octanol–water partition coefficient (Wildman–Crippen LogP) is 2.03. The Hall–Kier alpha value is -3.42. The molecule has 0 unspecified atom stereocenters. The van der Waals surface area contributed by atoms with Crippen molar-refractivity contribution in [2.45, 2.75) is 13.0 Å². The zero-order valence-corrected chi connectivity index (χ0v) is 14.8. The van der Waals surface area contributed by atoms with E-state index in [2.05, 4.69) is 20.8 Å². The molecule has 0 spiro atoms. The average Bonchev–Trinajstić information content (AvgIpc) is 3.23. The fraction of sp³-hybridized carbons (Fsp3) is 0.222. The van der Waals surface area contributed by atoms with E-state index in [0.29, 0.717) is 5.82 Å². The molecule has 2 aromatic heterocycles. The minimum Gasteiger partial charge on any atom is -0.375 e. The second kappa shape index (κ2) is 6.14. The van der Waals surface area contributed by atoms with Gasteiger partial charge in [-0.1, -0.05) is 18.2 Å². The summed E-state index contributed by atoms with van der Waals surface area (Å²) in [5, 5.41) is 15.5. The Kier molecular flexibility index (Phi) is 3.80. The van der Waals surface area contributed by atoms with E-state index in [9.17, 15) is 4.79 Å². The molecule has 0 amide bonds. The molecule has 1 atom stereocenters. The van der Waals surface area contributed by atoms with Crippen molar-refractivity contribution in [3.8, 4) is 5.69 Å². The Morgan fingerprint density at radius 3 is 2.50 bits per heavy atom. The lowest BCUT2D eigenvalue weighted by molar-refractivity contribution is 0.719. The smallest absolute Gasteiger partial charge is 0.328 e. The van der Waals surface area contributed by atoms with Crippen LogP contribution in [0.3, 0.4) is 0 Å². The van der Waals surface area contributed by atoms with Crippen LogP contribution >= 0.6 is 0 Å². The molecule has 0 radical (unpaired) electrons. The third-order valence-electron chi connectivity index (χ3n) is 4.54. The topological polar surface area (TPSA) is 82.6 Å². The largest absolute Gasteiger partial charge is 0.375 e. The van der Waals surface area contributed by atoms with Gasteiger partial charge in [-0.2, -0.15) is 4.68 Å². The van der Waals surface area contributed by atoms with Gasteiger partial charge in [0.1, 0.15) is 0 Å². The molecule has 26 heavy (non-hydrogen) atoms. The van der Waals surface area contributed by atoms with E-state index in [0.717, 1.165) is 22.4 Å². The summed E-state index contributed by atoms with van der Waals surface area (Å²) in [7, 11) is 3.54. The number of para-hydroxylation sites is 1. The summed E-state index contributed by atoms with van der Waals surface area (Å²) >= 11 is 0. The van der Waals surface area contributed by atoms with Crippen molar-refractivity contribution < 1.29 is 0 Å². The average molecular weight is 349 g/mol. The van der Waals surface area contributed by atoms with Crippen molar-refractivity contribution in [3.63, 3.8) is 0 Å². The van der Waals surface area contributed by atoms with Crippen LogP contribution in [0.25, 0.3) is 16.7 Å². The van der Waals surface area contributed by atoms with Gasteiger partial charge in [0.2, 0.25) is 0 Å². The van der Waals surface area contributed by atoms with Gasteiger partial charge in [0.25, 0.3) is 0 Å². The van der Waals surface area contributed by atoms with Crippen molar-refractivity contribution in [1.29, 1.82) is 0 Å². The third kappa shape index (κ3) is 2.55. The summed E-state index contributed by atoms with van der Waals surface area (Å²) < 4.78 is 4.99. The summed E-state index contributed by atoms with van der Waals surface area (Å²) in [6.45, 7) is 2.00. The van der Waals surface area contributed by atoms with Crippen LogP contribution in [0.4, 0.5) is 5.69 Å². The number of tetrazole rings is 1. The normalized spacial score (nSPS) is 12.4. The fourth-order valence-electron chi connectivity index (χ4n) is 3.13. The van der Waals surface area contributed by atoms with E-state index in [-0.39, 0.29) is 11.7 Å². The van der Waals surface area contributed by atoms with Crippen LogP contribution in [0.2, 0.25) is 0 Å². The molecule has 0 bridgehead atoms. The summed E-state index contributed by atoms with van der Waals surface area (Å²) in [6, 6.07) is 15.5. The lowest BCUT2D eigenvalue weighted by atomic mass is 10.2. The van der Waals surface area contributed by atoms with Gasteiger partial charge in [-0.15, -0.1) is 5.10 Å². The Bertz CT molecular complexity index is 1120. The minimum absolute atomic E-state index is 0.0433. The van der Waals surface area contributed by atoms with Gasteiger partial charge >= 0.3 is 5.69 Å². The van der Waals surface area contributed by atoms with Gasteiger partial charge < -0.3 is 5.32 Å². The number of hydrogen-bond acceptors (Lipinski definition) is 5. The van der Waals surface area contributed by atoms with E-state index < -0.39 is 0 Å². The molecule has 4 rings (SSSR count). The number of benzene rings is 2. The van der Waals surface area contributed by atoms with Gasteiger partial charge in [0.05, 0.1) is 22.8 Å². The first kappa shape index (κ1) is 16.1. The standard InChI is InChI=1S/C18H19N7O/c1-12(17-20-21-22-25(17)14-7-5-4-6-8-14)19-13-9-10-15-16(11-13)24(3)18(26)23(15)2/h4-12,19H,1-3H3/t12-/m0/s1. The molecule has 0 fully saturated rings. The highest BCUT2D eigenvalue weighted by Gasteiger charge is 2.16. The summed E-state index contributed by atoms with van der Waals surface area (Å²) in [6.07, 6.45) is 0. The molecule has 8 heteroatoms. The van der Waals surface area contributed by atoms with Crippen molar-refractivity contribution >= 4 is 16.7 Å². The molecule has 0 saturated heterocycles. The first-order chi connectivity index (χ1) is 12.6. The molecule has 4 aromatic rings. The number of nitrogens with one attached hydrogen (secondary N) is 1. The SMILES string of the molecule is C[C@H](Nc1ccc2c(c1)n(C)c(=O)n2C)c1nnnn1-c1ccccc1. The number of hydrogen-bond donors (Lipinski definition) is 1. The molecular weight excluding hydrogens is 330 g/mol. The zero-order chi connectivity index (χ0) is 18.3. The number of imidazole rings is 1. The van der Waals surface area contributed by atoms with Gasteiger partial charge in [-0.05, 0) is 47.7 Å². The first-order valence-electron chi connectivity index (χ1n) is 8.32. The third-order valence-corrected chi connectivity index (χ3v) is 4.54. The van der Waals surface area contributed by atoms with Gasteiger partial charge in [-0.25, -0.2) is 4.79 Å². The van der Waals surface area contributed by atoms with Crippen LogP contribution in [-0.4, -0.2) is 29.3 Å². The highest BCUT2D eigenvalue weighted by atomic mass is 16.1. The number of aryl methyl sites for hydroxylation is 2. The van der Waals surface area contributed by atoms with Gasteiger partial charge in [0.15, 0.2) is 5.82 Å². The first-order valence-corrected chi connectivity index (χ1v) is 8.32. The summed E-state index contributed by atoms with van der Waals surface area (Å²) in [5.74, 6) is 0.707. The number of nitrogens with zero attached hydrogens (tertiary/aromatic N) is 6. The second-order valence-corrected chi connectivity index (χ2v) is 6.25. The molecule has 0 saturated carbocycles. The van der Waals surface area contributed by atoms with Crippen LogP contribution in [-0.2, 0) is 14.1 Å². The highest BCUT2D eigenvalue weighted by Crippen LogP contribution is 2.22. The Morgan fingerprint density at radius 2 is 1.73 bits per heavy atom. The van der Waals surface area contributed by atoms with E-state index >= 15 is 0 Å². The van der Waals surface area contributed by atoms with Gasteiger partial charge in [0, 0.05) is 19.8 Å². The molecule has 0 aliphatic heterocycles. The number of anilines is 1. The number of rotatable bonds is 4. The fourth-order valence-corrected chi connectivity index (χ4v) is 3.13. The molecule has 2 heterocycles. The molecular formula is C18H19N7O. The Morgan fingerprint density at radius 1 is 1.00 bits per heavy atom. The van der Waals surface area contributed by atoms with Crippen LogP contribution in [0.1, 0.15) is 18.8 Å². The quantitative estimate of drug-likeness (QED) is 0.609. The lowest BCUT2D eigenvalue weighted by Gasteiger charge is -2.15. The molecule has 0 aliphatic rings. The van der Waals surface area contributed by atoms with Crippen LogP contribution < -0.4 is 11.0 Å². The van der Waals surface area contributed by atoms with Crippen molar-refractivity contribution in [2.24, 2.45) is 14.1 Å². The van der Waals surface area contributed by atoms with E-state index in [4.69, 9.17) is 0 Å². The van der Waals surface area contributed by atoms with Crippen molar-refractivity contribution in [2.75, 3.05) is 5.32 Å². The monoisotopic (exact) mass is 349 g/mol. The van der Waals surface area contributed by atoms with Crippen LogP contribution in [0.5, 0.6) is 0 Å². The molecule has 8 nitrogen and oxygen atoms in total. The Labute approximate surface area is 149 Å². The highest BCUT2D eigenvalue weighted by molar-refractivity contribution is 5.80. The molecule has 132 valence electrons. The minimum atomic E-state index is -0.122. The molecule has 2 aromatic carbocycles. The molecule has 1 N–H and O–H groups in total. The second-order valence-electron chi connectivity index (χ2n) is 6.25. The van der Waals surface area contributed by atoms with Gasteiger partial charge in [-0.3, -0.25) is 9.13 Å². The summed E-state index contributed by atoms with van der Waals surface area (Å²) in [4.78, 5) is 12.1. The van der Waals surface area contributed by atoms with Crippen molar-refractivity contribution in [3.05, 3.63) is 64.8 Å². The zero-order valence-electron chi connectivity index (χ0n) is 14.8. The lowest BCUT2D eigenvalue weighted by Crippen LogP contribution is -2.19. The van der Waals surface area contributed by atoms with E-state index in [1.54, 1.807) is 27.9 Å². The van der Waals surface area contributed by atoms with E-state index in [1.165, 1.54) is 0 Å². The van der Waals surface area contributed by atoms with Crippen LogP contribution in [0.15, 0.2) is 53.3 Å². The maximum absolute atomic E-state index is 12.1. The predicted molar refractivity (Wildman–Crippen MR) is 99.4 cm³/mol. The van der Waals surface area contributed by atoms with Crippen molar-refractivity contribution in [1.82, 2.24) is 29.3 Å². The number of fused-ring (bicyclic) bond motifs is 1. The molecule has 0 aliphatic carbocycles. The number of aromatic nitrogens is 6.